The normalized spacial score (nSPS) is 16.2. The van der Waals surface area contributed by atoms with Crippen molar-refractivity contribution < 1.29 is 0 Å². The molecule has 0 radical (unpaired) electrons. The molecule has 0 saturated heterocycles. The minimum atomic E-state index is 0.0885. The summed E-state index contributed by atoms with van der Waals surface area (Å²) in [4.78, 5) is 19.3. The van der Waals surface area contributed by atoms with Crippen LogP contribution in [0.25, 0.3) is 0 Å². The molecule has 1 aliphatic rings. The average Bonchev–Trinajstić information content (AvgIpc) is 2.42. The van der Waals surface area contributed by atoms with Crippen LogP contribution in [0.2, 0.25) is 0 Å². The van der Waals surface area contributed by atoms with E-state index in [4.69, 9.17) is 0 Å². The molecule has 0 fully saturated rings. The van der Waals surface area contributed by atoms with Crippen molar-refractivity contribution in [2.45, 2.75) is 51.9 Å². The summed E-state index contributed by atoms with van der Waals surface area (Å²) in [6, 6.07) is 0. The highest BCUT2D eigenvalue weighted by atomic mass is 16.1. The van der Waals surface area contributed by atoms with E-state index in [1.807, 2.05) is 0 Å². The molecule has 0 aromatic carbocycles. The van der Waals surface area contributed by atoms with Crippen molar-refractivity contribution in [3.63, 3.8) is 0 Å². The first kappa shape index (κ1) is 10.4. The molecule has 1 aromatic heterocycles. The summed E-state index contributed by atoms with van der Waals surface area (Å²) in [5, 5.41) is 0. The maximum absolute atomic E-state index is 11.8. The summed E-state index contributed by atoms with van der Waals surface area (Å²) in [7, 11) is 0. The summed E-state index contributed by atoms with van der Waals surface area (Å²) in [5.74, 6) is 1.13. The lowest BCUT2D eigenvalue weighted by molar-refractivity contribution is 0.705. The third-order valence-electron chi connectivity index (χ3n) is 3.01. The topological polar surface area (TPSA) is 45.8 Å². The zero-order valence-corrected chi connectivity index (χ0v) is 9.47. The van der Waals surface area contributed by atoms with E-state index in [1.165, 1.54) is 12.8 Å². The zero-order chi connectivity index (χ0) is 10.8. The molecule has 0 saturated carbocycles. The van der Waals surface area contributed by atoms with Crippen molar-refractivity contribution in [1.82, 2.24) is 9.97 Å². The van der Waals surface area contributed by atoms with E-state index in [0.717, 1.165) is 36.3 Å². The number of hydrogen-bond donors (Lipinski definition) is 1. The Morgan fingerprint density at radius 3 is 2.67 bits per heavy atom. The van der Waals surface area contributed by atoms with Crippen molar-refractivity contribution in [1.29, 1.82) is 0 Å². The van der Waals surface area contributed by atoms with Crippen molar-refractivity contribution in [2.24, 2.45) is 0 Å². The highest BCUT2D eigenvalue weighted by Gasteiger charge is 2.15. The highest BCUT2D eigenvalue weighted by molar-refractivity contribution is 5.20. The number of aromatic nitrogens is 2. The molecule has 3 nitrogen and oxygen atoms in total. The molecule has 2 rings (SSSR count). The van der Waals surface area contributed by atoms with Gasteiger partial charge in [-0.3, -0.25) is 4.79 Å². The van der Waals surface area contributed by atoms with E-state index in [-0.39, 0.29) is 5.56 Å². The number of aryl methyl sites for hydroxylation is 1. The Labute approximate surface area is 89.9 Å². The summed E-state index contributed by atoms with van der Waals surface area (Å²) in [6.07, 6.45) is 5.38. The van der Waals surface area contributed by atoms with Gasteiger partial charge in [-0.15, -0.1) is 0 Å². The fraction of sp³-hybridized carbons (Fsp3) is 0.667. The van der Waals surface area contributed by atoms with Crippen LogP contribution in [-0.4, -0.2) is 9.97 Å². The van der Waals surface area contributed by atoms with Crippen LogP contribution in [0.3, 0.4) is 0 Å². The molecule has 0 bridgehead atoms. The van der Waals surface area contributed by atoms with Gasteiger partial charge >= 0.3 is 0 Å². The molecular weight excluding hydrogens is 188 g/mol. The monoisotopic (exact) mass is 206 g/mol. The quantitative estimate of drug-likeness (QED) is 0.716. The summed E-state index contributed by atoms with van der Waals surface area (Å²) >= 11 is 0. The van der Waals surface area contributed by atoms with Crippen molar-refractivity contribution in [3.8, 4) is 0 Å². The number of aromatic amines is 1. The Balaban J connectivity index is 2.49. The van der Waals surface area contributed by atoms with Crippen LogP contribution in [0.15, 0.2) is 4.79 Å². The average molecular weight is 206 g/mol. The predicted octanol–water partition coefficient (Wildman–Crippen LogP) is 2.16. The Morgan fingerprint density at radius 2 is 1.93 bits per heavy atom. The molecule has 0 aliphatic heterocycles. The lowest BCUT2D eigenvalue weighted by Crippen LogP contribution is -2.20. The van der Waals surface area contributed by atoms with Crippen LogP contribution in [0.1, 0.15) is 56.1 Å². The van der Waals surface area contributed by atoms with Crippen molar-refractivity contribution in [3.05, 3.63) is 27.4 Å². The lowest BCUT2D eigenvalue weighted by Gasteiger charge is -2.09. The summed E-state index contributed by atoms with van der Waals surface area (Å²) < 4.78 is 0. The van der Waals surface area contributed by atoms with Gasteiger partial charge < -0.3 is 4.98 Å². The molecule has 1 aliphatic carbocycles. The van der Waals surface area contributed by atoms with E-state index in [9.17, 15) is 4.79 Å². The molecule has 0 unspecified atom stereocenters. The van der Waals surface area contributed by atoms with Gasteiger partial charge in [0.25, 0.3) is 5.56 Å². The van der Waals surface area contributed by atoms with E-state index in [0.29, 0.717) is 5.92 Å². The molecule has 82 valence electrons. The molecular formula is C12H18N2O. The maximum Gasteiger partial charge on any atom is 0.254 e. The molecule has 1 N–H and O–H groups in total. The van der Waals surface area contributed by atoms with Gasteiger partial charge in [0.05, 0.1) is 5.69 Å². The fourth-order valence-corrected chi connectivity index (χ4v) is 2.07. The SMILES string of the molecule is CC(C)c1nc2c(c(=O)[nH]1)CCCCC2. The Hall–Kier alpha value is -1.12. The van der Waals surface area contributed by atoms with E-state index >= 15 is 0 Å². The van der Waals surface area contributed by atoms with Crippen LogP contribution in [0.4, 0.5) is 0 Å². The van der Waals surface area contributed by atoms with Crippen molar-refractivity contribution >= 4 is 0 Å². The third kappa shape index (κ3) is 2.11. The van der Waals surface area contributed by atoms with E-state index < -0.39 is 0 Å². The molecule has 0 amide bonds. The third-order valence-corrected chi connectivity index (χ3v) is 3.01. The number of fused-ring (bicyclic) bond motifs is 1. The number of H-pyrrole nitrogens is 1. The molecule has 1 heterocycles. The smallest absolute Gasteiger partial charge is 0.254 e. The maximum atomic E-state index is 11.8. The second kappa shape index (κ2) is 4.17. The van der Waals surface area contributed by atoms with Crippen LogP contribution in [0.5, 0.6) is 0 Å². The first-order valence-electron chi connectivity index (χ1n) is 5.80. The Kier molecular flexibility index (Phi) is 2.89. The van der Waals surface area contributed by atoms with Crippen LogP contribution < -0.4 is 5.56 Å². The Bertz CT molecular complexity index is 407. The van der Waals surface area contributed by atoms with Gasteiger partial charge in [-0.2, -0.15) is 0 Å². The van der Waals surface area contributed by atoms with Gasteiger partial charge in [0, 0.05) is 11.5 Å². The van der Waals surface area contributed by atoms with Crippen LogP contribution >= 0.6 is 0 Å². The second-order valence-electron chi connectivity index (χ2n) is 4.59. The Morgan fingerprint density at radius 1 is 1.20 bits per heavy atom. The van der Waals surface area contributed by atoms with E-state index in [1.54, 1.807) is 0 Å². The minimum absolute atomic E-state index is 0.0885. The number of hydrogen-bond acceptors (Lipinski definition) is 2. The lowest BCUT2D eigenvalue weighted by atomic mass is 10.1. The predicted molar refractivity (Wildman–Crippen MR) is 60.2 cm³/mol. The molecule has 0 spiro atoms. The molecule has 1 aromatic rings. The molecule has 3 heteroatoms. The van der Waals surface area contributed by atoms with Gasteiger partial charge in [-0.25, -0.2) is 4.98 Å². The first-order valence-corrected chi connectivity index (χ1v) is 5.80. The molecule has 0 atom stereocenters. The first-order chi connectivity index (χ1) is 7.18. The zero-order valence-electron chi connectivity index (χ0n) is 9.47. The van der Waals surface area contributed by atoms with Gasteiger partial charge in [-0.05, 0) is 25.7 Å². The minimum Gasteiger partial charge on any atom is -0.310 e. The standard InChI is InChI=1S/C12H18N2O/c1-8(2)11-13-10-7-5-3-4-6-9(10)12(15)14-11/h8H,3-7H2,1-2H3,(H,13,14,15). The number of nitrogens with zero attached hydrogens (tertiary/aromatic N) is 1. The summed E-state index contributed by atoms with van der Waals surface area (Å²) in [5.41, 5.74) is 2.06. The molecule has 15 heavy (non-hydrogen) atoms. The van der Waals surface area contributed by atoms with Gasteiger partial charge in [0.1, 0.15) is 5.82 Å². The highest BCUT2D eigenvalue weighted by Crippen LogP contribution is 2.17. The second-order valence-corrected chi connectivity index (χ2v) is 4.59. The summed E-state index contributed by atoms with van der Waals surface area (Å²) in [6.45, 7) is 4.11. The van der Waals surface area contributed by atoms with Crippen molar-refractivity contribution in [2.75, 3.05) is 0 Å². The van der Waals surface area contributed by atoms with Crippen LogP contribution in [0, 0.1) is 0 Å². The van der Waals surface area contributed by atoms with Gasteiger partial charge in [0.2, 0.25) is 0 Å². The van der Waals surface area contributed by atoms with Gasteiger partial charge in [-0.1, -0.05) is 20.3 Å². The van der Waals surface area contributed by atoms with Crippen LogP contribution in [-0.2, 0) is 12.8 Å². The number of nitrogens with one attached hydrogen (secondary N) is 1. The van der Waals surface area contributed by atoms with E-state index in [2.05, 4.69) is 23.8 Å². The largest absolute Gasteiger partial charge is 0.310 e. The van der Waals surface area contributed by atoms with Gasteiger partial charge in [0.15, 0.2) is 0 Å². The fourth-order valence-electron chi connectivity index (χ4n) is 2.07. The number of rotatable bonds is 1.